The molecule has 7 heteroatoms. The Kier molecular flexibility index (Phi) is 11.7. The number of nitrogens with zero attached hydrogens (tertiary/aromatic N) is 4. The number of piperazine rings is 1. The molecule has 1 aromatic carbocycles. The van der Waals surface area contributed by atoms with Crippen molar-refractivity contribution in [3.05, 3.63) is 29.3 Å². The predicted octanol–water partition coefficient (Wildman–Crippen LogP) is 4.26. The van der Waals surface area contributed by atoms with E-state index in [9.17, 15) is 9.59 Å². The molecule has 1 saturated heterocycles. The van der Waals surface area contributed by atoms with Gasteiger partial charge in [-0.3, -0.25) is 19.4 Å². The van der Waals surface area contributed by atoms with Crippen LogP contribution < -0.4 is 4.90 Å². The highest BCUT2D eigenvalue weighted by atomic mass is 16.5. The number of carbonyl (C=O) groups excluding carboxylic acids is 2. The zero-order valence-corrected chi connectivity index (χ0v) is 23.1. The Bertz CT molecular complexity index is 836. The standard InChI is InChI=1S/C29H48N4O3/c1-24(2)12-15-31-13-8-6-5-7-9-14-33(25(3)34)28-11-10-26(22-27(28)23-31)29(35)32-18-16-30(17-19-32)20-21-36-4/h10-11,22,24H,5-9,12-21,23H2,1-4H3. The van der Waals surface area contributed by atoms with Gasteiger partial charge in [-0.05, 0) is 62.0 Å². The van der Waals surface area contributed by atoms with Gasteiger partial charge in [-0.2, -0.15) is 0 Å². The van der Waals surface area contributed by atoms with Crippen molar-refractivity contribution >= 4 is 17.5 Å². The van der Waals surface area contributed by atoms with Crippen molar-refractivity contribution in [2.24, 2.45) is 5.92 Å². The van der Waals surface area contributed by atoms with Crippen LogP contribution in [0.4, 0.5) is 5.69 Å². The molecule has 1 fully saturated rings. The van der Waals surface area contributed by atoms with Gasteiger partial charge >= 0.3 is 0 Å². The second-order valence-electron chi connectivity index (χ2n) is 10.9. The number of fused-ring (bicyclic) bond motifs is 1. The molecule has 1 aromatic rings. The fraction of sp³-hybridized carbons (Fsp3) is 0.724. The van der Waals surface area contributed by atoms with Gasteiger partial charge in [0.25, 0.3) is 5.91 Å². The van der Waals surface area contributed by atoms with Gasteiger partial charge in [0.2, 0.25) is 5.91 Å². The van der Waals surface area contributed by atoms with Crippen molar-refractivity contribution in [3.63, 3.8) is 0 Å². The first-order valence-electron chi connectivity index (χ1n) is 14.0. The fourth-order valence-electron chi connectivity index (χ4n) is 5.22. The van der Waals surface area contributed by atoms with E-state index < -0.39 is 0 Å². The molecule has 2 amide bonds. The third-order valence-corrected chi connectivity index (χ3v) is 7.54. The molecule has 2 heterocycles. The van der Waals surface area contributed by atoms with Crippen molar-refractivity contribution < 1.29 is 14.3 Å². The van der Waals surface area contributed by atoms with Crippen LogP contribution in [0.2, 0.25) is 0 Å². The summed E-state index contributed by atoms with van der Waals surface area (Å²) in [5.74, 6) is 0.821. The zero-order chi connectivity index (χ0) is 25.9. The minimum Gasteiger partial charge on any atom is -0.383 e. The summed E-state index contributed by atoms with van der Waals surface area (Å²) < 4.78 is 5.20. The highest BCUT2D eigenvalue weighted by Gasteiger charge is 2.24. The Balaban J connectivity index is 1.84. The lowest BCUT2D eigenvalue weighted by molar-refractivity contribution is -0.116. The summed E-state index contributed by atoms with van der Waals surface area (Å²) in [5.41, 5.74) is 2.80. The van der Waals surface area contributed by atoms with E-state index in [0.717, 1.165) is 102 Å². The Morgan fingerprint density at radius 3 is 2.25 bits per heavy atom. The molecule has 2 aliphatic heterocycles. The first-order valence-corrected chi connectivity index (χ1v) is 14.0. The molecule has 202 valence electrons. The van der Waals surface area contributed by atoms with Crippen LogP contribution in [0.3, 0.4) is 0 Å². The molecule has 0 aliphatic carbocycles. The molecule has 0 spiro atoms. The second-order valence-corrected chi connectivity index (χ2v) is 10.9. The Labute approximate surface area is 218 Å². The van der Waals surface area contributed by atoms with Gasteiger partial charge in [0.15, 0.2) is 0 Å². The van der Waals surface area contributed by atoms with Gasteiger partial charge in [0.1, 0.15) is 0 Å². The first kappa shape index (κ1) is 28.6. The molecule has 0 bridgehead atoms. The summed E-state index contributed by atoms with van der Waals surface area (Å²) in [4.78, 5) is 34.9. The topological polar surface area (TPSA) is 56.3 Å². The summed E-state index contributed by atoms with van der Waals surface area (Å²) in [6, 6.07) is 6.02. The number of carbonyl (C=O) groups is 2. The second kappa shape index (κ2) is 14.7. The van der Waals surface area contributed by atoms with Crippen LogP contribution >= 0.6 is 0 Å². The zero-order valence-electron chi connectivity index (χ0n) is 23.1. The number of amides is 2. The number of ether oxygens (including phenoxy) is 1. The lowest BCUT2D eigenvalue weighted by Crippen LogP contribution is -2.49. The van der Waals surface area contributed by atoms with Gasteiger partial charge in [0.05, 0.1) is 6.61 Å². The fourth-order valence-corrected chi connectivity index (χ4v) is 5.22. The normalized spacial score (nSPS) is 19.0. The monoisotopic (exact) mass is 500 g/mol. The molecule has 0 radical (unpaired) electrons. The van der Waals surface area contributed by atoms with Crippen LogP contribution in [0.25, 0.3) is 0 Å². The van der Waals surface area contributed by atoms with Crippen LogP contribution in [0, 0.1) is 5.92 Å². The molecule has 0 N–H and O–H groups in total. The van der Waals surface area contributed by atoms with E-state index in [0.29, 0.717) is 5.92 Å². The maximum absolute atomic E-state index is 13.5. The van der Waals surface area contributed by atoms with Crippen molar-refractivity contribution in [1.82, 2.24) is 14.7 Å². The maximum atomic E-state index is 13.5. The third kappa shape index (κ3) is 8.56. The summed E-state index contributed by atoms with van der Waals surface area (Å²) in [5, 5.41) is 0. The van der Waals surface area contributed by atoms with Crippen molar-refractivity contribution in [3.8, 4) is 0 Å². The van der Waals surface area contributed by atoms with Crippen molar-refractivity contribution in [2.75, 3.05) is 71.0 Å². The minimum atomic E-state index is 0.0771. The van der Waals surface area contributed by atoms with E-state index >= 15 is 0 Å². The molecular formula is C29H48N4O3. The van der Waals surface area contributed by atoms with Gasteiger partial charge < -0.3 is 14.5 Å². The van der Waals surface area contributed by atoms with E-state index in [1.165, 1.54) is 19.3 Å². The van der Waals surface area contributed by atoms with E-state index in [1.54, 1.807) is 14.0 Å². The van der Waals surface area contributed by atoms with E-state index in [1.807, 2.05) is 21.9 Å². The summed E-state index contributed by atoms with van der Waals surface area (Å²) in [6.07, 6.45) is 6.98. The highest BCUT2D eigenvalue weighted by Crippen LogP contribution is 2.27. The molecule has 0 atom stereocenters. The number of anilines is 1. The van der Waals surface area contributed by atoms with Crippen LogP contribution in [-0.4, -0.2) is 92.6 Å². The van der Waals surface area contributed by atoms with Gasteiger partial charge in [0, 0.05) is 71.1 Å². The van der Waals surface area contributed by atoms with E-state index in [2.05, 4.69) is 29.7 Å². The van der Waals surface area contributed by atoms with Crippen LogP contribution in [0.1, 0.15) is 75.2 Å². The van der Waals surface area contributed by atoms with Crippen LogP contribution in [-0.2, 0) is 16.1 Å². The van der Waals surface area contributed by atoms with Gasteiger partial charge in [-0.25, -0.2) is 0 Å². The number of methoxy groups -OCH3 is 1. The van der Waals surface area contributed by atoms with E-state index in [4.69, 9.17) is 4.74 Å². The Morgan fingerprint density at radius 2 is 1.58 bits per heavy atom. The molecule has 3 rings (SSSR count). The van der Waals surface area contributed by atoms with Gasteiger partial charge in [-0.1, -0.05) is 33.1 Å². The van der Waals surface area contributed by atoms with Crippen LogP contribution in [0.5, 0.6) is 0 Å². The minimum absolute atomic E-state index is 0.0771. The molecule has 0 unspecified atom stereocenters. The van der Waals surface area contributed by atoms with Crippen molar-refractivity contribution in [2.45, 2.75) is 65.8 Å². The summed E-state index contributed by atoms with van der Waals surface area (Å²) in [7, 11) is 1.73. The number of hydrogen-bond acceptors (Lipinski definition) is 5. The third-order valence-electron chi connectivity index (χ3n) is 7.54. The van der Waals surface area contributed by atoms with E-state index in [-0.39, 0.29) is 11.8 Å². The first-order chi connectivity index (χ1) is 17.4. The molecule has 0 aromatic heterocycles. The average molecular weight is 501 g/mol. The van der Waals surface area contributed by atoms with Gasteiger partial charge in [-0.15, -0.1) is 0 Å². The van der Waals surface area contributed by atoms with Crippen molar-refractivity contribution in [1.29, 1.82) is 0 Å². The molecular weight excluding hydrogens is 452 g/mol. The highest BCUT2D eigenvalue weighted by molar-refractivity contribution is 5.97. The number of benzene rings is 1. The average Bonchev–Trinajstić information content (AvgIpc) is 2.86. The van der Waals surface area contributed by atoms with Crippen LogP contribution in [0.15, 0.2) is 18.2 Å². The predicted molar refractivity (Wildman–Crippen MR) is 147 cm³/mol. The smallest absolute Gasteiger partial charge is 0.253 e. The lowest BCUT2D eigenvalue weighted by atomic mass is 10.0. The SMILES string of the molecule is COCCN1CCN(C(=O)c2ccc3c(c2)CN(CCC(C)C)CCCCCCCN3C(C)=O)CC1. The number of hydrogen-bond donors (Lipinski definition) is 0. The quantitative estimate of drug-likeness (QED) is 0.560. The Hall–Kier alpha value is -1.96. The molecule has 2 aliphatic rings. The largest absolute Gasteiger partial charge is 0.383 e. The number of rotatable bonds is 7. The Morgan fingerprint density at radius 1 is 0.889 bits per heavy atom. The molecule has 0 saturated carbocycles. The maximum Gasteiger partial charge on any atom is 0.253 e. The molecule has 7 nitrogen and oxygen atoms in total. The summed E-state index contributed by atoms with van der Waals surface area (Å²) >= 11 is 0. The molecule has 36 heavy (non-hydrogen) atoms. The summed E-state index contributed by atoms with van der Waals surface area (Å²) in [6.45, 7) is 14.7. The lowest BCUT2D eigenvalue weighted by Gasteiger charge is -2.35.